The van der Waals surface area contributed by atoms with E-state index < -0.39 is 5.60 Å². The van der Waals surface area contributed by atoms with E-state index in [-0.39, 0.29) is 0 Å². The lowest BCUT2D eigenvalue weighted by atomic mass is 9.68. The van der Waals surface area contributed by atoms with Crippen molar-refractivity contribution in [1.82, 2.24) is 0 Å². The third kappa shape index (κ3) is 2.36. The maximum absolute atomic E-state index is 10.6. The van der Waals surface area contributed by atoms with Crippen LogP contribution >= 0.6 is 0 Å². The summed E-state index contributed by atoms with van der Waals surface area (Å²) >= 11 is 0. The summed E-state index contributed by atoms with van der Waals surface area (Å²) in [6.07, 6.45) is 7.89. The Bertz CT molecular complexity index is 256. The maximum atomic E-state index is 10.6. The molecule has 1 saturated carbocycles. The monoisotopic (exact) mass is 210 g/mol. The minimum absolute atomic E-state index is 0.405. The van der Waals surface area contributed by atoms with Gasteiger partial charge in [-0.15, -0.1) is 0 Å². The molecule has 0 aromatic carbocycles. The zero-order chi connectivity index (χ0) is 10.9. The van der Waals surface area contributed by atoms with Gasteiger partial charge in [0.05, 0.1) is 18.5 Å². The molecule has 1 aliphatic heterocycles. The maximum Gasteiger partial charge on any atom is 0.0889 e. The Morgan fingerprint density at radius 1 is 1.20 bits per heavy atom. The topological polar surface area (TPSA) is 29.5 Å². The van der Waals surface area contributed by atoms with Crippen molar-refractivity contribution in [3.05, 3.63) is 11.8 Å². The molecule has 0 amide bonds. The molecule has 2 nitrogen and oxygen atoms in total. The molecule has 0 bridgehead atoms. The average molecular weight is 210 g/mol. The van der Waals surface area contributed by atoms with Gasteiger partial charge in [-0.2, -0.15) is 0 Å². The number of aliphatic hydroxyl groups is 1. The van der Waals surface area contributed by atoms with E-state index in [2.05, 4.69) is 13.8 Å². The molecule has 0 radical (unpaired) electrons. The van der Waals surface area contributed by atoms with Gasteiger partial charge < -0.3 is 9.84 Å². The molecule has 0 aromatic heterocycles. The second-order valence-electron chi connectivity index (χ2n) is 5.81. The average Bonchev–Trinajstić information content (AvgIpc) is 2.24. The summed E-state index contributed by atoms with van der Waals surface area (Å²) in [7, 11) is 0. The summed E-state index contributed by atoms with van der Waals surface area (Å²) in [5.74, 6) is 0. The van der Waals surface area contributed by atoms with E-state index >= 15 is 0 Å². The van der Waals surface area contributed by atoms with E-state index in [0.29, 0.717) is 5.41 Å². The fraction of sp³-hybridized carbons (Fsp3) is 0.846. The fourth-order valence-corrected chi connectivity index (χ4v) is 2.57. The predicted molar refractivity (Wildman–Crippen MR) is 60.5 cm³/mol. The van der Waals surface area contributed by atoms with Crippen LogP contribution in [0.4, 0.5) is 0 Å². The molecule has 1 N–H and O–H groups in total. The van der Waals surface area contributed by atoms with Crippen molar-refractivity contribution in [2.75, 3.05) is 6.61 Å². The lowest BCUT2D eigenvalue weighted by Gasteiger charge is -2.42. The van der Waals surface area contributed by atoms with E-state index in [9.17, 15) is 5.11 Å². The van der Waals surface area contributed by atoms with Crippen molar-refractivity contribution in [2.45, 2.75) is 58.0 Å². The second kappa shape index (κ2) is 3.82. The Hall–Kier alpha value is -0.500. The molecule has 2 aliphatic rings. The van der Waals surface area contributed by atoms with Crippen LogP contribution in [-0.4, -0.2) is 17.3 Å². The molecule has 2 rings (SSSR count). The summed E-state index contributed by atoms with van der Waals surface area (Å²) in [4.78, 5) is 0. The first-order valence-electron chi connectivity index (χ1n) is 6.05. The molecule has 86 valence electrons. The van der Waals surface area contributed by atoms with Gasteiger partial charge >= 0.3 is 0 Å². The molecular formula is C13H22O2. The molecule has 0 unspecified atom stereocenters. The van der Waals surface area contributed by atoms with Crippen molar-refractivity contribution < 1.29 is 9.84 Å². The van der Waals surface area contributed by atoms with Gasteiger partial charge in [-0.3, -0.25) is 0 Å². The summed E-state index contributed by atoms with van der Waals surface area (Å²) in [5, 5.41) is 10.6. The normalized spacial score (nSPS) is 29.1. The van der Waals surface area contributed by atoms with Crippen molar-refractivity contribution in [2.24, 2.45) is 5.41 Å². The second-order valence-corrected chi connectivity index (χ2v) is 5.81. The number of hydrogen-bond acceptors (Lipinski definition) is 2. The third-order valence-corrected chi connectivity index (χ3v) is 3.96. The lowest BCUT2D eigenvalue weighted by Crippen LogP contribution is -2.39. The summed E-state index contributed by atoms with van der Waals surface area (Å²) < 4.78 is 5.33. The van der Waals surface area contributed by atoms with Crippen LogP contribution in [0.3, 0.4) is 0 Å². The van der Waals surface area contributed by atoms with E-state index in [4.69, 9.17) is 4.74 Å². The van der Waals surface area contributed by atoms with Crippen LogP contribution < -0.4 is 0 Å². The molecule has 0 saturated heterocycles. The minimum Gasteiger partial charge on any atom is -0.501 e. The number of ether oxygens (including phenoxy) is 1. The lowest BCUT2D eigenvalue weighted by molar-refractivity contribution is -0.00385. The van der Waals surface area contributed by atoms with Gasteiger partial charge in [0, 0.05) is 0 Å². The van der Waals surface area contributed by atoms with Crippen molar-refractivity contribution >= 4 is 0 Å². The fourth-order valence-electron chi connectivity index (χ4n) is 2.57. The van der Waals surface area contributed by atoms with Crippen LogP contribution in [0.5, 0.6) is 0 Å². The Balaban J connectivity index is 2.05. The molecule has 0 aromatic rings. The highest BCUT2D eigenvalue weighted by Crippen LogP contribution is 2.44. The van der Waals surface area contributed by atoms with Crippen LogP contribution in [0.15, 0.2) is 11.8 Å². The van der Waals surface area contributed by atoms with E-state index in [1.165, 1.54) is 0 Å². The number of rotatable bonds is 1. The van der Waals surface area contributed by atoms with Crippen LogP contribution in [0, 0.1) is 5.41 Å². The van der Waals surface area contributed by atoms with Crippen molar-refractivity contribution in [3.63, 3.8) is 0 Å². The van der Waals surface area contributed by atoms with Gasteiger partial charge in [-0.05, 0) is 49.5 Å². The van der Waals surface area contributed by atoms with Gasteiger partial charge in [0.2, 0.25) is 0 Å². The Morgan fingerprint density at radius 3 is 2.40 bits per heavy atom. The first kappa shape index (κ1) is 11.0. The highest BCUT2D eigenvalue weighted by atomic mass is 16.5. The molecule has 1 heterocycles. The van der Waals surface area contributed by atoms with Crippen LogP contribution in [-0.2, 0) is 4.74 Å². The zero-order valence-corrected chi connectivity index (χ0v) is 9.88. The quantitative estimate of drug-likeness (QED) is 0.721. The van der Waals surface area contributed by atoms with Gasteiger partial charge in [0.25, 0.3) is 0 Å². The number of hydrogen-bond donors (Lipinski definition) is 1. The highest BCUT2D eigenvalue weighted by molar-refractivity contribution is 5.17. The zero-order valence-electron chi connectivity index (χ0n) is 9.88. The third-order valence-electron chi connectivity index (χ3n) is 3.96. The molecule has 15 heavy (non-hydrogen) atoms. The Morgan fingerprint density at radius 2 is 1.87 bits per heavy atom. The van der Waals surface area contributed by atoms with Crippen LogP contribution in [0.2, 0.25) is 0 Å². The molecule has 1 fully saturated rings. The van der Waals surface area contributed by atoms with Crippen molar-refractivity contribution in [3.8, 4) is 0 Å². The van der Waals surface area contributed by atoms with Gasteiger partial charge in [0.15, 0.2) is 0 Å². The SMILES string of the molecule is CC1(C)CCC(O)(C2=COCCC2)CC1. The van der Waals surface area contributed by atoms with Gasteiger partial charge in [0.1, 0.15) is 0 Å². The first-order valence-corrected chi connectivity index (χ1v) is 6.05. The molecule has 0 atom stereocenters. The van der Waals surface area contributed by atoms with Crippen molar-refractivity contribution in [1.29, 1.82) is 0 Å². The molecule has 0 spiro atoms. The van der Waals surface area contributed by atoms with E-state index in [0.717, 1.165) is 50.7 Å². The molecule has 2 heteroatoms. The summed E-state index contributed by atoms with van der Waals surface area (Å²) in [6, 6.07) is 0. The standard InChI is InChI=1S/C13H22O2/c1-12(2)5-7-13(14,8-6-12)11-4-3-9-15-10-11/h10,14H,3-9H2,1-2H3. The van der Waals surface area contributed by atoms with E-state index in [1.807, 2.05) is 6.26 Å². The van der Waals surface area contributed by atoms with Crippen LogP contribution in [0.1, 0.15) is 52.4 Å². The molecular weight excluding hydrogens is 188 g/mol. The Kier molecular flexibility index (Phi) is 2.80. The van der Waals surface area contributed by atoms with Gasteiger partial charge in [-0.25, -0.2) is 0 Å². The largest absolute Gasteiger partial charge is 0.501 e. The smallest absolute Gasteiger partial charge is 0.0889 e. The van der Waals surface area contributed by atoms with E-state index in [1.54, 1.807) is 0 Å². The first-order chi connectivity index (χ1) is 7.02. The molecule has 1 aliphatic carbocycles. The van der Waals surface area contributed by atoms with Gasteiger partial charge in [-0.1, -0.05) is 13.8 Å². The highest BCUT2D eigenvalue weighted by Gasteiger charge is 2.39. The summed E-state index contributed by atoms with van der Waals surface area (Å²) in [5.41, 5.74) is 0.974. The Labute approximate surface area is 92.3 Å². The minimum atomic E-state index is -0.560. The predicted octanol–water partition coefficient (Wildman–Crippen LogP) is 3.01. The van der Waals surface area contributed by atoms with Crippen LogP contribution in [0.25, 0.3) is 0 Å². The summed E-state index contributed by atoms with van der Waals surface area (Å²) in [6.45, 7) is 5.39.